The van der Waals surface area contributed by atoms with Crippen LogP contribution in [0.3, 0.4) is 0 Å². The minimum Gasteiger partial charge on any atom is -0.444 e. The van der Waals surface area contributed by atoms with Crippen molar-refractivity contribution in [3.05, 3.63) is 0 Å². The van der Waals surface area contributed by atoms with Crippen LogP contribution < -0.4 is 0 Å². The first-order valence-electron chi connectivity index (χ1n) is 6.88. The summed E-state index contributed by atoms with van der Waals surface area (Å²) in [5, 5.41) is 0. The molecule has 0 spiro atoms. The van der Waals surface area contributed by atoms with Crippen molar-refractivity contribution in [2.45, 2.75) is 44.9 Å². The van der Waals surface area contributed by atoms with Crippen LogP contribution in [0.15, 0.2) is 0 Å². The van der Waals surface area contributed by atoms with Crippen molar-refractivity contribution < 1.29 is 34.7 Å². The van der Waals surface area contributed by atoms with Gasteiger partial charge in [-0.3, -0.25) is 8.37 Å². The number of rotatable bonds is 5. The third-order valence-corrected chi connectivity index (χ3v) is 3.98. The van der Waals surface area contributed by atoms with E-state index in [0.29, 0.717) is 0 Å². The van der Waals surface area contributed by atoms with Crippen molar-refractivity contribution in [2.24, 2.45) is 0 Å². The second-order valence-corrected chi connectivity index (χ2v) is 9.68. The molecule has 0 aliphatic carbocycles. The molecule has 1 amide bonds. The number of hydrogen-bond donors (Lipinski definition) is 0. The molecule has 1 aliphatic heterocycles. The van der Waals surface area contributed by atoms with Crippen LogP contribution in [0, 0.1) is 0 Å². The second kappa shape index (κ2) is 6.91. The Bertz CT molecular complexity index is 634. The summed E-state index contributed by atoms with van der Waals surface area (Å²) in [6.45, 7) is 4.75. The quantitative estimate of drug-likeness (QED) is 0.633. The number of hydrogen-bond acceptors (Lipinski definition) is 8. The predicted octanol–water partition coefficient (Wildman–Crippen LogP) is 0.317. The molecule has 1 heterocycles. The maximum Gasteiger partial charge on any atom is 0.410 e. The molecule has 1 fully saturated rings. The summed E-state index contributed by atoms with van der Waals surface area (Å²) in [4.78, 5) is 13.4. The lowest BCUT2D eigenvalue weighted by Gasteiger charge is -2.28. The lowest BCUT2D eigenvalue weighted by molar-refractivity contribution is 0.0178. The lowest BCUT2D eigenvalue weighted by atomic mass is 10.2. The molecule has 0 bridgehead atoms. The van der Waals surface area contributed by atoms with Crippen LogP contribution in [0.5, 0.6) is 0 Å². The van der Waals surface area contributed by atoms with Crippen LogP contribution in [-0.2, 0) is 33.3 Å². The van der Waals surface area contributed by atoms with E-state index in [1.54, 1.807) is 20.8 Å². The third kappa shape index (κ3) is 7.95. The van der Waals surface area contributed by atoms with E-state index >= 15 is 0 Å². The van der Waals surface area contributed by atoms with Crippen molar-refractivity contribution >= 4 is 26.3 Å². The normalized spacial score (nSPS) is 23.1. The number of carbonyl (C=O) groups excluding carboxylic acids is 1. The molecule has 1 aliphatic rings. The molecule has 0 aromatic rings. The standard InChI is InChI=1S/C12H23NO8S2/c1-12(2,3)20-11(14)13-7-10(21-23(5,17)18)6-9(13)8-19-22(4,15)16/h9-10H,6-8H2,1-5H3/t9-,10+/m0/s1. The SMILES string of the molecule is CC(C)(C)OC(=O)N1C[C@H](OS(C)(=O)=O)C[C@H]1COS(C)(=O)=O. The largest absolute Gasteiger partial charge is 0.444 e. The zero-order valence-corrected chi connectivity index (χ0v) is 15.4. The van der Waals surface area contributed by atoms with Crippen LogP contribution in [0.25, 0.3) is 0 Å². The summed E-state index contributed by atoms with van der Waals surface area (Å²) in [7, 11) is -7.38. The summed E-state index contributed by atoms with van der Waals surface area (Å²) in [5.41, 5.74) is -0.741. The number of nitrogens with zero attached hydrogens (tertiary/aromatic N) is 1. The molecule has 0 radical (unpaired) electrons. The van der Waals surface area contributed by atoms with E-state index in [0.717, 1.165) is 12.5 Å². The Kier molecular flexibility index (Phi) is 6.05. The maximum absolute atomic E-state index is 12.2. The first kappa shape index (κ1) is 20.1. The van der Waals surface area contributed by atoms with Crippen LogP contribution in [0.2, 0.25) is 0 Å². The van der Waals surface area contributed by atoms with E-state index < -0.39 is 44.1 Å². The van der Waals surface area contributed by atoms with Gasteiger partial charge >= 0.3 is 6.09 Å². The highest BCUT2D eigenvalue weighted by molar-refractivity contribution is 7.86. The highest BCUT2D eigenvalue weighted by Crippen LogP contribution is 2.24. The number of carbonyl (C=O) groups is 1. The number of likely N-dealkylation sites (tertiary alicyclic amines) is 1. The fourth-order valence-electron chi connectivity index (χ4n) is 2.09. The molecule has 0 unspecified atom stereocenters. The lowest BCUT2D eigenvalue weighted by Crippen LogP contribution is -2.42. The number of amides is 1. The minimum atomic E-state index is -3.70. The first-order valence-corrected chi connectivity index (χ1v) is 10.5. The summed E-state index contributed by atoms with van der Waals surface area (Å²) >= 11 is 0. The van der Waals surface area contributed by atoms with E-state index in [4.69, 9.17) is 13.1 Å². The molecule has 2 atom stereocenters. The zero-order chi connectivity index (χ0) is 18.1. The maximum atomic E-state index is 12.2. The monoisotopic (exact) mass is 373 g/mol. The summed E-state index contributed by atoms with van der Waals surface area (Å²) in [6.07, 6.45) is 0.474. The van der Waals surface area contributed by atoms with Gasteiger partial charge in [0.05, 0.1) is 37.8 Å². The average Bonchev–Trinajstić information content (AvgIpc) is 2.63. The smallest absolute Gasteiger partial charge is 0.410 e. The van der Waals surface area contributed by atoms with Gasteiger partial charge in [-0.15, -0.1) is 0 Å². The zero-order valence-electron chi connectivity index (χ0n) is 13.8. The van der Waals surface area contributed by atoms with E-state index in [9.17, 15) is 21.6 Å². The molecule has 0 N–H and O–H groups in total. The molecule has 0 aromatic heterocycles. The highest BCUT2D eigenvalue weighted by Gasteiger charge is 2.40. The van der Waals surface area contributed by atoms with E-state index in [-0.39, 0.29) is 19.6 Å². The average molecular weight is 373 g/mol. The second-order valence-electron chi connectivity index (χ2n) is 6.43. The van der Waals surface area contributed by atoms with Gasteiger partial charge in [-0.25, -0.2) is 4.79 Å². The van der Waals surface area contributed by atoms with Gasteiger partial charge in [0, 0.05) is 0 Å². The predicted molar refractivity (Wildman–Crippen MR) is 81.9 cm³/mol. The van der Waals surface area contributed by atoms with Crippen LogP contribution >= 0.6 is 0 Å². The Morgan fingerprint density at radius 3 is 2.13 bits per heavy atom. The van der Waals surface area contributed by atoms with Crippen molar-refractivity contribution in [3.63, 3.8) is 0 Å². The van der Waals surface area contributed by atoms with Crippen LogP contribution in [0.4, 0.5) is 4.79 Å². The fraction of sp³-hybridized carbons (Fsp3) is 0.917. The Labute approximate surface area is 137 Å². The van der Waals surface area contributed by atoms with Crippen LogP contribution in [0.1, 0.15) is 27.2 Å². The van der Waals surface area contributed by atoms with Gasteiger partial charge in [0.25, 0.3) is 20.2 Å². The fourth-order valence-corrected chi connectivity index (χ4v) is 3.13. The van der Waals surface area contributed by atoms with Crippen molar-refractivity contribution in [1.82, 2.24) is 4.90 Å². The van der Waals surface area contributed by atoms with Crippen molar-refractivity contribution in [1.29, 1.82) is 0 Å². The highest BCUT2D eigenvalue weighted by atomic mass is 32.2. The molecule has 1 saturated heterocycles. The molecule has 9 nitrogen and oxygen atoms in total. The summed E-state index contributed by atoms with van der Waals surface area (Å²) in [6, 6.07) is -0.661. The van der Waals surface area contributed by atoms with Gasteiger partial charge in [-0.1, -0.05) is 0 Å². The van der Waals surface area contributed by atoms with Gasteiger partial charge in [-0.05, 0) is 27.2 Å². The van der Waals surface area contributed by atoms with E-state index in [1.807, 2.05) is 0 Å². The van der Waals surface area contributed by atoms with Gasteiger partial charge < -0.3 is 9.64 Å². The molecule has 0 saturated carbocycles. The number of ether oxygens (including phenoxy) is 1. The van der Waals surface area contributed by atoms with E-state index in [2.05, 4.69) is 0 Å². The molecule has 1 rings (SSSR count). The Hall–Kier alpha value is -0.910. The van der Waals surface area contributed by atoms with Crippen LogP contribution in [-0.4, -0.2) is 71.2 Å². The molecular weight excluding hydrogens is 350 g/mol. The van der Waals surface area contributed by atoms with Crippen molar-refractivity contribution in [3.8, 4) is 0 Å². The summed E-state index contributed by atoms with van der Waals surface area (Å²) in [5.74, 6) is 0. The van der Waals surface area contributed by atoms with Gasteiger partial charge in [0.1, 0.15) is 5.60 Å². The Balaban J connectivity index is 2.85. The molecule has 23 heavy (non-hydrogen) atoms. The van der Waals surface area contributed by atoms with Gasteiger partial charge in [-0.2, -0.15) is 16.8 Å². The molecule has 136 valence electrons. The minimum absolute atomic E-state index is 0.0280. The van der Waals surface area contributed by atoms with E-state index in [1.165, 1.54) is 4.90 Å². The molecule has 11 heteroatoms. The third-order valence-electron chi connectivity index (χ3n) is 2.79. The molecular formula is C12H23NO8S2. The van der Waals surface area contributed by atoms with Gasteiger partial charge in [0.15, 0.2) is 0 Å². The van der Waals surface area contributed by atoms with Crippen molar-refractivity contribution in [2.75, 3.05) is 25.7 Å². The first-order chi connectivity index (χ1) is 10.2. The van der Waals surface area contributed by atoms with Gasteiger partial charge in [0.2, 0.25) is 0 Å². The Morgan fingerprint density at radius 1 is 1.13 bits per heavy atom. The topological polar surface area (TPSA) is 116 Å². The molecule has 0 aromatic carbocycles. The Morgan fingerprint density at radius 2 is 1.70 bits per heavy atom. The summed E-state index contributed by atoms with van der Waals surface area (Å²) < 4.78 is 59.6.